The van der Waals surface area contributed by atoms with Gasteiger partial charge in [-0.15, -0.1) is 0 Å². The number of carbonyl (C=O) groups is 1. The highest BCUT2D eigenvalue weighted by Gasteiger charge is 2.30. The molecule has 0 aromatic heterocycles. The topological polar surface area (TPSA) is 59.0 Å². The lowest BCUT2D eigenvalue weighted by Crippen LogP contribution is -2.43. The first kappa shape index (κ1) is 21.2. The molecule has 5 nitrogen and oxygen atoms in total. The lowest BCUT2D eigenvalue weighted by atomic mass is 9.98. The maximum absolute atomic E-state index is 13.3. The van der Waals surface area contributed by atoms with Gasteiger partial charge in [-0.3, -0.25) is 9.46 Å². The van der Waals surface area contributed by atoms with Gasteiger partial charge in [-0.05, 0) is 73.2 Å². The zero-order valence-electron chi connectivity index (χ0n) is 16.4. The molecule has 0 saturated heterocycles. The molecule has 0 radical (unpaired) electrons. The van der Waals surface area contributed by atoms with E-state index in [1.807, 2.05) is 0 Å². The summed E-state index contributed by atoms with van der Waals surface area (Å²) in [4.78, 5) is 12.6. The van der Waals surface area contributed by atoms with Gasteiger partial charge >= 0.3 is 0 Å². The molecule has 3 unspecified atom stereocenters. The normalized spacial score (nSPS) is 21.2. The van der Waals surface area contributed by atoms with E-state index >= 15 is 0 Å². The number of aliphatic hydroxyl groups excluding tert-OH is 1. The van der Waals surface area contributed by atoms with Crippen LogP contribution in [0.25, 0.3) is 0 Å². The molecule has 160 valence electrons. The number of benzene rings is 2. The molecule has 0 saturated carbocycles. The summed E-state index contributed by atoms with van der Waals surface area (Å²) in [6, 6.07) is 8.68. The van der Waals surface area contributed by atoms with E-state index in [-0.39, 0.29) is 30.5 Å². The second-order valence-electron chi connectivity index (χ2n) is 7.81. The van der Waals surface area contributed by atoms with Crippen LogP contribution in [-0.2, 0) is 17.6 Å². The largest absolute Gasteiger partial charge is 0.487 e. The molecular formula is C22H24F2NO4P. The molecule has 30 heavy (non-hydrogen) atoms. The molecule has 0 amide bonds. The second kappa shape index (κ2) is 8.96. The zero-order chi connectivity index (χ0) is 21.3. The number of aryl methyl sites for hydroxylation is 2. The standard InChI is InChI=1S/C22H24F2NO4P/c23-15-3-7-19-13(9-15)1-5-21(28-19)17(26)11-25(30)12-18(27)22-6-2-14-10-16(24)4-8-20(14)29-22/h3-4,7-10,17,21-22,26H,1-2,5-6,11-12,30H2/t17?,21?,22-/m1/s1. The number of fused-ring (bicyclic) bond motifs is 2. The van der Waals surface area contributed by atoms with Crippen LogP contribution in [0.1, 0.15) is 24.0 Å². The van der Waals surface area contributed by atoms with Gasteiger partial charge in [0.2, 0.25) is 0 Å². The first-order valence-electron chi connectivity index (χ1n) is 9.99. The lowest BCUT2D eigenvalue weighted by Gasteiger charge is -2.32. The summed E-state index contributed by atoms with van der Waals surface area (Å²) in [5.74, 6) is 0.414. The predicted octanol–water partition coefficient (Wildman–Crippen LogP) is 3.07. The third-order valence-corrected chi connectivity index (χ3v) is 5.93. The highest BCUT2D eigenvalue weighted by molar-refractivity contribution is 7.13. The van der Waals surface area contributed by atoms with Crippen molar-refractivity contribution in [1.29, 1.82) is 0 Å². The van der Waals surface area contributed by atoms with Gasteiger partial charge in [0.1, 0.15) is 35.3 Å². The van der Waals surface area contributed by atoms with E-state index in [2.05, 4.69) is 9.39 Å². The second-order valence-corrected chi connectivity index (χ2v) is 8.54. The number of aliphatic hydroxyl groups is 1. The van der Waals surface area contributed by atoms with Crippen LogP contribution in [0.4, 0.5) is 8.78 Å². The van der Waals surface area contributed by atoms with Gasteiger partial charge in [0.15, 0.2) is 11.9 Å². The third-order valence-electron chi connectivity index (χ3n) is 5.54. The van der Waals surface area contributed by atoms with Gasteiger partial charge in [0.05, 0.1) is 6.54 Å². The first-order chi connectivity index (χ1) is 14.4. The van der Waals surface area contributed by atoms with Crippen LogP contribution in [-0.4, -0.2) is 47.0 Å². The summed E-state index contributed by atoms with van der Waals surface area (Å²) in [5, 5.41) is 10.6. The zero-order valence-corrected chi connectivity index (χ0v) is 17.5. The summed E-state index contributed by atoms with van der Waals surface area (Å²) >= 11 is 0. The van der Waals surface area contributed by atoms with Crippen molar-refractivity contribution in [2.45, 2.75) is 44.0 Å². The number of rotatable bonds is 6. The monoisotopic (exact) mass is 435 g/mol. The van der Waals surface area contributed by atoms with E-state index in [1.165, 1.54) is 24.3 Å². The fraction of sp³-hybridized carbons (Fsp3) is 0.409. The molecule has 4 rings (SSSR count). The maximum Gasteiger partial charge on any atom is 0.187 e. The minimum absolute atomic E-state index is 0.0947. The highest BCUT2D eigenvalue weighted by Crippen LogP contribution is 2.30. The van der Waals surface area contributed by atoms with E-state index < -0.39 is 18.3 Å². The van der Waals surface area contributed by atoms with Crippen LogP contribution < -0.4 is 9.47 Å². The molecular weight excluding hydrogens is 411 g/mol. The average Bonchev–Trinajstić information content (AvgIpc) is 2.72. The van der Waals surface area contributed by atoms with Gasteiger partial charge in [-0.25, -0.2) is 8.78 Å². The maximum atomic E-state index is 13.3. The van der Waals surface area contributed by atoms with E-state index in [0.29, 0.717) is 37.2 Å². The SMILES string of the molecule is O=C(CN(P)CC(O)C1CCc2cc(F)ccc2O1)[C@H]1CCc2cc(F)ccc2O1. The van der Waals surface area contributed by atoms with Crippen LogP contribution in [0.5, 0.6) is 11.5 Å². The summed E-state index contributed by atoms with van der Waals surface area (Å²) in [5.41, 5.74) is 1.57. The van der Waals surface area contributed by atoms with Crippen molar-refractivity contribution in [3.8, 4) is 11.5 Å². The molecule has 2 aliphatic rings. The Morgan fingerprint density at radius 2 is 1.67 bits per heavy atom. The number of halogens is 2. The Labute approximate surface area is 176 Å². The number of nitrogens with zero attached hydrogens (tertiary/aromatic N) is 1. The van der Waals surface area contributed by atoms with Crippen molar-refractivity contribution >= 4 is 15.2 Å². The summed E-state index contributed by atoms with van der Waals surface area (Å²) in [6.45, 7) is 0.323. The number of Topliss-reactive ketones (excluding diaryl/α,β-unsaturated/α-hetero) is 1. The van der Waals surface area contributed by atoms with Crippen LogP contribution in [0, 0.1) is 11.6 Å². The predicted molar refractivity (Wildman–Crippen MR) is 111 cm³/mol. The van der Waals surface area contributed by atoms with Crippen LogP contribution in [0.3, 0.4) is 0 Å². The Morgan fingerprint density at radius 1 is 1.07 bits per heavy atom. The Hall–Kier alpha value is -2.08. The number of hydrogen-bond donors (Lipinski definition) is 1. The van der Waals surface area contributed by atoms with Gasteiger partial charge in [0.25, 0.3) is 0 Å². The Balaban J connectivity index is 1.29. The number of ether oxygens (including phenoxy) is 2. The molecule has 2 aromatic carbocycles. The molecule has 2 aliphatic heterocycles. The van der Waals surface area contributed by atoms with Crippen molar-refractivity contribution in [1.82, 2.24) is 4.67 Å². The molecule has 1 N–H and O–H groups in total. The minimum atomic E-state index is -0.801. The molecule has 0 bridgehead atoms. The van der Waals surface area contributed by atoms with Crippen LogP contribution >= 0.6 is 9.39 Å². The van der Waals surface area contributed by atoms with Crippen molar-refractivity contribution in [2.75, 3.05) is 13.1 Å². The lowest BCUT2D eigenvalue weighted by molar-refractivity contribution is -0.126. The average molecular weight is 435 g/mol. The fourth-order valence-corrected chi connectivity index (χ4v) is 4.35. The van der Waals surface area contributed by atoms with E-state index in [9.17, 15) is 18.7 Å². The van der Waals surface area contributed by atoms with Crippen molar-refractivity contribution in [3.05, 3.63) is 59.2 Å². The van der Waals surface area contributed by atoms with Gasteiger partial charge < -0.3 is 14.6 Å². The van der Waals surface area contributed by atoms with Gasteiger partial charge in [-0.1, -0.05) is 9.39 Å². The molecule has 0 fully saturated rings. The highest BCUT2D eigenvalue weighted by atomic mass is 31.0. The van der Waals surface area contributed by atoms with Crippen LogP contribution in [0.2, 0.25) is 0 Å². The summed E-state index contributed by atoms with van der Waals surface area (Å²) in [6.07, 6.45) is 0.465. The molecule has 2 aromatic rings. The van der Waals surface area contributed by atoms with E-state index in [0.717, 1.165) is 11.1 Å². The van der Waals surface area contributed by atoms with Crippen LogP contribution in [0.15, 0.2) is 36.4 Å². The molecule has 0 spiro atoms. The third kappa shape index (κ3) is 4.80. The molecule has 8 heteroatoms. The van der Waals surface area contributed by atoms with Crippen molar-refractivity contribution < 1.29 is 28.2 Å². The minimum Gasteiger partial charge on any atom is -0.487 e. The van der Waals surface area contributed by atoms with Gasteiger partial charge in [0, 0.05) is 6.54 Å². The number of hydrogen-bond acceptors (Lipinski definition) is 5. The van der Waals surface area contributed by atoms with E-state index in [4.69, 9.17) is 9.47 Å². The van der Waals surface area contributed by atoms with Gasteiger partial charge in [-0.2, -0.15) is 0 Å². The first-order valence-corrected chi connectivity index (χ1v) is 10.5. The fourth-order valence-electron chi connectivity index (χ4n) is 3.96. The van der Waals surface area contributed by atoms with Crippen molar-refractivity contribution in [3.63, 3.8) is 0 Å². The van der Waals surface area contributed by atoms with Crippen molar-refractivity contribution in [2.24, 2.45) is 0 Å². The number of carbonyl (C=O) groups excluding carboxylic acids is 1. The Morgan fingerprint density at radius 3 is 2.33 bits per heavy atom. The number of ketones is 1. The van der Waals surface area contributed by atoms with E-state index in [1.54, 1.807) is 16.8 Å². The quantitative estimate of drug-likeness (QED) is 0.707. The molecule has 4 atom stereocenters. The smallest absolute Gasteiger partial charge is 0.187 e. The Bertz CT molecular complexity index is 941. The Kier molecular flexibility index (Phi) is 6.32. The molecule has 0 aliphatic carbocycles. The molecule has 2 heterocycles. The summed E-state index contributed by atoms with van der Waals surface area (Å²) in [7, 11) is 2.46. The summed E-state index contributed by atoms with van der Waals surface area (Å²) < 4.78 is 39.9.